The van der Waals surface area contributed by atoms with Crippen LogP contribution in [0.1, 0.15) is 22.6 Å². The fourth-order valence-corrected chi connectivity index (χ4v) is 6.36. The number of benzene rings is 2. The molecule has 0 bridgehead atoms. The van der Waals surface area contributed by atoms with Gasteiger partial charge in [0.2, 0.25) is 15.9 Å². The molecule has 0 aliphatic carbocycles. The highest BCUT2D eigenvalue weighted by atomic mass is 32.2. The Labute approximate surface area is 195 Å². The van der Waals surface area contributed by atoms with Crippen molar-refractivity contribution in [3.63, 3.8) is 0 Å². The largest absolute Gasteiger partial charge is 0.394 e. The lowest BCUT2D eigenvalue weighted by molar-refractivity contribution is -0.158. The second kappa shape index (κ2) is 9.27. The Bertz CT molecular complexity index is 1200. The number of amides is 1. The maximum absolute atomic E-state index is 13.3. The zero-order valence-electron chi connectivity index (χ0n) is 19.1. The number of sulfonamides is 1. The molecule has 2 saturated heterocycles. The van der Waals surface area contributed by atoms with E-state index in [0.29, 0.717) is 12.1 Å². The zero-order chi connectivity index (χ0) is 23.8. The van der Waals surface area contributed by atoms with Crippen LogP contribution in [0.3, 0.4) is 0 Å². The van der Waals surface area contributed by atoms with E-state index < -0.39 is 10.0 Å². The summed E-state index contributed by atoms with van der Waals surface area (Å²) in [7, 11) is 0.122. The number of piperazine rings is 1. The summed E-state index contributed by atoms with van der Waals surface area (Å²) in [4.78, 5) is 16.8. The number of hydrogen-bond acceptors (Lipinski definition) is 5. The Kier molecular flexibility index (Phi) is 6.59. The average Bonchev–Trinajstić information content (AvgIpc) is 2.76. The van der Waals surface area contributed by atoms with Crippen LogP contribution in [0.25, 0.3) is 0 Å². The summed E-state index contributed by atoms with van der Waals surface area (Å²) in [6.45, 7) is 2.25. The van der Waals surface area contributed by atoms with Crippen molar-refractivity contribution in [2.24, 2.45) is 0 Å². The van der Waals surface area contributed by atoms with Gasteiger partial charge in [-0.2, -0.15) is 4.31 Å². The van der Waals surface area contributed by atoms with Crippen molar-refractivity contribution < 1.29 is 18.3 Å². The maximum atomic E-state index is 13.3. The number of aliphatic hydroxyl groups is 1. The van der Waals surface area contributed by atoms with Crippen molar-refractivity contribution in [3.05, 3.63) is 65.2 Å². The third-order valence-corrected chi connectivity index (χ3v) is 8.33. The lowest BCUT2D eigenvalue weighted by Crippen LogP contribution is -2.73. The molecule has 2 aliphatic rings. The first-order valence-corrected chi connectivity index (χ1v) is 12.4. The molecule has 3 atom stereocenters. The van der Waals surface area contributed by atoms with Crippen LogP contribution >= 0.6 is 0 Å². The minimum atomic E-state index is -3.80. The van der Waals surface area contributed by atoms with Gasteiger partial charge in [-0.05, 0) is 50.3 Å². The molecule has 2 aromatic rings. The third-order valence-electron chi connectivity index (χ3n) is 6.36. The number of carbonyl (C=O) groups is 1. The zero-order valence-corrected chi connectivity index (χ0v) is 19.9. The molecule has 4 rings (SSSR count). The van der Waals surface area contributed by atoms with Gasteiger partial charge in [0, 0.05) is 18.0 Å². The Morgan fingerprint density at radius 1 is 1.12 bits per heavy atom. The van der Waals surface area contributed by atoms with Gasteiger partial charge >= 0.3 is 0 Å². The average molecular weight is 468 g/mol. The lowest BCUT2D eigenvalue weighted by atomic mass is 9.74. The molecule has 0 spiro atoms. The van der Waals surface area contributed by atoms with E-state index in [1.807, 2.05) is 43.3 Å². The second-order valence-electron chi connectivity index (χ2n) is 8.87. The molecule has 2 heterocycles. The summed E-state index contributed by atoms with van der Waals surface area (Å²) < 4.78 is 27.9. The number of nitrogens with zero attached hydrogens (tertiary/aromatic N) is 3. The fraction of sp³-hybridized carbons (Fsp3) is 0.400. The van der Waals surface area contributed by atoms with Crippen molar-refractivity contribution in [2.75, 3.05) is 40.3 Å². The van der Waals surface area contributed by atoms with Crippen molar-refractivity contribution in [1.29, 1.82) is 0 Å². The van der Waals surface area contributed by atoms with Crippen molar-refractivity contribution in [1.82, 2.24) is 14.1 Å². The van der Waals surface area contributed by atoms with Gasteiger partial charge in [-0.1, -0.05) is 42.2 Å². The molecule has 1 amide bonds. The number of carbonyl (C=O) groups excluding carboxylic acids is 1. The van der Waals surface area contributed by atoms with Gasteiger partial charge in [-0.15, -0.1) is 0 Å². The molecular formula is C25H29N3O4S. The van der Waals surface area contributed by atoms with Gasteiger partial charge in [-0.25, -0.2) is 8.42 Å². The van der Waals surface area contributed by atoms with Crippen molar-refractivity contribution in [3.8, 4) is 11.8 Å². The van der Waals surface area contributed by atoms with E-state index in [1.165, 1.54) is 4.31 Å². The summed E-state index contributed by atoms with van der Waals surface area (Å²) in [6, 6.07) is 13.9. The Hall–Kier alpha value is -2.70. The van der Waals surface area contributed by atoms with E-state index in [0.717, 1.165) is 11.1 Å². The second-order valence-corrected chi connectivity index (χ2v) is 10.8. The van der Waals surface area contributed by atoms with E-state index in [-0.39, 0.29) is 48.5 Å². The van der Waals surface area contributed by atoms with Crippen LogP contribution in [0.2, 0.25) is 0 Å². The van der Waals surface area contributed by atoms with E-state index in [1.54, 1.807) is 36.1 Å². The van der Waals surface area contributed by atoms with Crippen LogP contribution in [-0.4, -0.2) is 86.0 Å². The SMILES string of the molecule is Cc1ccccc1S(=O)(=O)N1CC(=O)N2[C@H](C1)[C@H](c1ccc(C#CCN(C)C)cc1)[C@@H]2CO. The number of aliphatic hydroxyl groups excluding tert-OH is 1. The van der Waals surface area contributed by atoms with Crippen molar-refractivity contribution >= 4 is 15.9 Å². The highest BCUT2D eigenvalue weighted by Gasteiger charge is 2.55. The van der Waals surface area contributed by atoms with E-state index in [4.69, 9.17) is 0 Å². The highest BCUT2D eigenvalue weighted by molar-refractivity contribution is 7.89. The molecule has 2 fully saturated rings. The predicted molar refractivity (Wildman–Crippen MR) is 126 cm³/mol. The van der Waals surface area contributed by atoms with Crippen LogP contribution in [0.5, 0.6) is 0 Å². The first-order valence-electron chi connectivity index (χ1n) is 11.0. The lowest BCUT2D eigenvalue weighted by Gasteiger charge is -2.58. The Morgan fingerprint density at radius 3 is 2.45 bits per heavy atom. The van der Waals surface area contributed by atoms with Crippen molar-refractivity contribution in [2.45, 2.75) is 29.8 Å². The van der Waals surface area contributed by atoms with E-state index in [2.05, 4.69) is 11.8 Å². The summed E-state index contributed by atoms with van der Waals surface area (Å²) in [5.41, 5.74) is 2.51. The summed E-state index contributed by atoms with van der Waals surface area (Å²) in [5, 5.41) is 9.98. The molecule has 2 aliphatic heterocycles. The number of rotatable bonds is 5. The minimum Gasteiger partial charge on any atom is -0.394 e. The molecular weight excluding hydrogens is 438 g/mol. The van der Waals surface area contributed by atoms with Gasteiger partial charge in [-0.3, -0.25) is 9.69 Å². The molecule has 1 N–H and O–H groups in total. The molecule has 0 radical (unpaired) electrons. The van der Waals surface area contributed by atoms with Crippen LogP contribution in [-0.2, 0) is 14.8 Å². The van der Waals surface area contributed by atoms with Gasteiger partial charge in [0.1, 0.15) is 0 Å². The fourth-order valence-electron chi connectivity index (χ4n) is 4.73. The highest BCUT2D eigenvalue weighted by Crippen LogP contribution is 2.43. The van der Waals surface area contributed by atoms with Gasteiger partial charge < -0.3 is 10.0 Å². The van der Waals surface area contributed by atoms with E-state index >= 15 is 0 Å². The smallest absolute Gasteiger partial charge is 0.243 e. The van der Waals surface area contributed by atoms with Crippen LogP contribution in [0.4, 0.5) is 0 Å². The number of aryl methyl sites for hydroxylation is 1. The molecule has 174 valence electrons. The van der Waals surface area contributed by atoms with Crippen LogP contribution in [0.15, 0.2) is 53.4 Å². The molecule has 0 unspecified atom stereocenters. The summed E-state index contributed by atoms with van der Waals surface area (Å²) >= 11 is 0. The standard InChI is InChI=1S/C25H29N3O4S/c1-18-7-4-5-9-23(18)33(31,32)27-15-21-25(22(17-29)28(21)24(30)16-27)20-12-10-19(11-13-20)8-6-14-26(2)3/h4-5,7,9-13,21-22,25,29H,14-17H2,1-3H3/t21-,22+,25+/m1/s1. The number of hydrogen-bond donors (Lipinski definition) is 1. The Morgan fingerprint density at radius 2 is 1.82 bits per heavy atom. The molecule has 2 aromatic carbocycles. The normalized spacial score (nSPS) is 23.0. The van der Waals surface area contributed by atoms with Gasteiger partial charge in [0.25, 0.3) is 0 Å². The predicted octanol–water partition coefficient (Wildman–Crippen LogP) is 1.27. The van der Waals surface area contributed by atoms with Gasteiger partial charge in [0.05, 0.1) is 36.7 Å². The van der Waals surface area contributed by atoms with Crippen LogP contribution < -0.4 is 0 Å². The summed E-state index contributed by atoms with van der Waals surface area (Å²) in [6.07, 6.45) is 0. The molecule has 0 saturated carbocycles. The van der Waals surface area contributed by atoms with Gasteiger partial charge in [0.15, 0.2) is 0 Å². The number of fused-ring (bicyclic) bond motifs is 1. The Balaban J connectivity index is 1.58. The molecule has 0 aromatic heterocycles. The minimum absolute atomic E-state index is 0.141. The molecule has 8 heteroatoms. The maximum Gasteiger partial charge on any atom is 0.243 e. The first-order chi connectivity index (χ1) is 15.7. The third kappa shape index (κ3) is 4.42. The topological polar surface area (TPSA) is 81.2 Å². The summed E-state index contributed by atoms with van der Waals surface area (Å²) in [5.74, 6) is 5.81. The molecule has 7 nitrogen and oxygen atoms in total. The monoisotopic (exact) mass is 467 g/mol. The van der Waals surface area contributed by atoms with Crippen LogP contribution in [0, 0.1) is 18.8 Å². The van der Waals surface area contributed by atoms with E-state index in [9.17, 15) is 18.3 Å². The molecule has 33 heavy (non-hydrogen) atoms. The first kappa shape index (κ1) is 23.5. The quantitative estimate of drug-likeness (QED) is 0.670.